The van der Waals surface area contributed by atoms with E-state index in [1.807, 2.05) is 23.1 Å². The lowest BCUT2D eigenvalue weighted by Crippen LogP contribution is -2.14. The maximum atomic E-state index is 6.32. The van der Waals surface area contributed by atoms with Crippen molar-refractivity contribution in [3.63, 3.8) is 0 Å². The smallest absolute Gasteiger partial charge is 0.0863 e. The van der Waals surface area contributed by atoms with Crippen LogP contribution in [0, 0.1) is 0 Å². The van der Waals surface area contributed by atoms with Gasteiger partial charge in [0.15, 0.2) is 0 Å². The average molecular weight is 298 g/mol. The summed E-state index contributed by atoms with van der Waals surface area (Å²) in [7, 11) is 1.95. The van der Waals surface area contributed by atoms with Crippen molar-refractivity contribution >= 4 is 22.9 Å². The quantitative estimate of drug-likeness (QED) is 0.884. The van der Waals surface area contributed by atoms with Crippen LogP contribution in [-0.4, -0.2) is 9.78 Å². The first-order chi connectivity index (χ1) is 9.15. The summed E-state index contributed by atoms with van der Waals surface area (Å²) in [6.07, 6.45) is 1.98. The molecule has 0 spiro atoms. The van der Waals surface area contributed by atoms with Crippen molar-refractivity contribution in [3.8, 4) is 0 Å². The molecule has 0 aliphatic carbocycles. The van der Waals surface area contributed by atoms with E-state index in [-0.39, 0.29) is 0 Å². The molecule has 0 aliphatic rings. The second kappa shape index (κ2) is 6.55. The lowest BCUT2D eigenvalue weighted by Gasteiger charge is -2.04. The zero-order valence-electron chi connectivity index (χ0n) is 11.7. The van der Waals surface area contributed by atoms with Gasteiger partial charge in [0.05, 0.1) is 16.4 Å². The number of nitrogens with one attached hydrogen (secondary N) is 1. The van der Waals surface area contributed by atoms with Crippen molar-refractivity contribution in [1.82, 2.24) is 15.1 Å². The standard InChI is InChI=1S/C14H20ClN3S/c1-4-10-6-7-11(19-10)8-16-9-13-14(15)12(5-2)17-18(13)3/h6-7,16H,4-5,8-9H2,1-3H3. The van der Waals surface area contributed by atoms with E-state index in [2.05, 4.69) is 36.4 Å². The molecule has 0 atom stereocenters. The SMILES string of the molecule is CCc1ccc(CNCc2c(Cl)c(CC)nn2C)s1. The molecule has 0 saturated heterocycles. The molecule has 2 aromatic rings. The highest BCUT2D eigenvalue weighted by Crippen LogP contribution is 2.21. The molecule has 19 heavy (non-hydrogen) atoms. The Labute approximate surface area is 123 Å². The second-order valence-corrected chi connectivity index (χ2v) is 6.14. The Morgan fingerprint density at radius 2 is 1.95 bits per heavy atom. The van der Waals surface area contributed by atoms with Gasteiger partial charge in [-0.1, -0.05) is 25.4 Å². The number of aromatic nitrogens is 2. The van der Waals surface area contributed by atoms with Gasteiger partial charge >= 0.3 is 0 Å². The Morgan fingerprint density at radius 1 is 1.21 bits per heavy atom. The number of rotatable bonds is 6. The van der Waals surface area contributed by atoms with Gasteiger partial charge in [-0.3, -0.25) is 4.68 Å². The Balaban J connectivity index is 1.94. The minimum atomic E-state index is 0.752. The Bertz CT molecular complexity index is 545. The Hall–Kier alpha value is -0.840. The summed E-state index contributed by atoms with van der Waals surface area (Å²) in [5.41, 5.74) is 2.04. The molecule has 0 radical (unpaired) electrons. The van der Waals surface area contributed by atoms with E-state index in [1.54, 1.807) is 0 Å². The molecule has 2 rings (SSSR count). The maximum absolute atomic E-state index is 6.32. The van der Waals surface area contributed by atoms with E-state index in [1.165, 1.54) is 9.75 Å². The second-order valence-electron chi connectivity index (χ2n) is 4.51. The summed E-state index contributed by atoms with van der Waals surface area (Å²) in [5, 5.41) is 8.66. The van der Waals surface area contributed by atoms with Crippen molar-refractivity contribution in [3.05, 3.63) is 38.3 Å². The van der Waals surface area contributed by atoms with Crippen molar-refractivity contribution in [1.29, 1.82) is 0 Å². The molecule has 1 N–H and O–H groups in total. The number of hydrogen-bond donors (Lipinski definition) is 1. The van der Waals surface area contributed by atoms with Crippen molar-refractivity contribution in [2.45, 2.75) is 39.8 Å². The molecular formula is C14H20ClN3S. The monoisotopic (exact) mass is 297 g/mol. The molecule has 0 saturated carbocycles. The van der Waals surface area contributed by atoms with E-state index < -0.39 is 0 Å². The fourth-order valence-corrected chi connectivity index (χ4v) is 3.31. The van der Waals surface area contributed by atoms with E-state index in [9.17, 15) is 0 Å². The van der Waals surface area contributed by atoms with Gasteiger partial charge in [0, 0.05) is 29.9 Å². The van der Waals surface area contributed by atoms with Gasteiger partial charge in [0.2, 0.25) is 0 Å². The largest absolute Gasteiger partial charge is 0.306 e. The number of thiophene rings is 1. The van der Waals surface area contributed by atoms with Crippen molar-refractivity contribution in [2.75, 3.05) is 0 Å². The predicted octanol–water partition coefficient (Wildman–Crippen LogP) is 3.55. The fraction of sp³-hybridized carbons (Fsp3) is 0.500. The van der Waals surface area contributed by atoms with Crippen molar-refractivity contribution in [2.24, 2.45) is 7.05 Å². The highest BCUT2D eigenvalue weighted by Gasteiger charge is 2.12. The van der Waals surface area contributed by atoms with Crippen LogP contribution in [0.3, 0.4) is 0 Å². The third-order valence-electron chi connectivity index (χ3n) is 3.16. The summed E-state index contributed by atoms with van der Waals surface area (Å²) < 4.78 is 1.88. The van der Waals surface area contributed by atoms with E-state index in [4.69, 9.17) is 11.6 Å². The lowest BCUT2D eigenvalue weighted by atomic mass is 10.3. The van der Waals surface area contributed by atoms with Crippen LogP contribution in [-0.2, 0) is 33.0 Å². The molecule has 0 amide bonds. The molecule has 0 aromatic carbocycles. The van der Waals surface area contributed by atoms with Crippen LogP contribution in [0.25, 0.3) is 0 Å². The van der Waals surface area contributed by atoms with Crippen LogP contribution in [0.1, 0.15) is 35.0 Å². The van der Waals surface area contributed by atoms with Crippen LogP contribution in [0.5, 0.6) is 0 Å². The molecular weight excluding hydrogens is 278 g/mol. The van der Waals surface area contributed by atoms with Gasteiger partial charge in [-0.25, -0.2) is 0 Å². The van der Waals surface area contributed by atoms with E-state index >= 15 is 0 Å². The molecule has 0 unspecified atom stereocenters. The average Bonchev–Trinajstić information content (AvgIpc) is 2.97. The van der Waals surface area contributed by atoms with E-state index in [0.29, 0.717) is 0 Å². The third-order valence-corrected chi connectivity index (χ3v) is 4.83. The first-order valence-corrected chi connectivity index (χ1v) is 7.83. The zero-order chi connectivity index (χ0) is 13.8. The summed E-state index contributed by atoms with van der Waals surface area (Å²) in [6, 6.07) is 4.40. The van der Waals surface area contributed by atoms with Gasteiger partial charge < -0.3 is 5.32 Å². The molecule has 2 aromatic heterocycles. The Kier molecular flexibility index (Phi) is 5.02. The topological polar surface area (TPSA) is 29.9 Å². The van der Waals surface area contributed by atoms with Gasteiger partial charge in [-0.05, 0) is 25.0 Å². The maximum Gasteiger partial charge on any atom is 0.0863 e. The summed E-state index contributed by atoms with van der Waals surface area (Å²) >= 11 is 8.19. The fourth-order valence-electron chi connectivity index (χ4n) is 2.02. The minimum Gasteiger partial charge on any atom is -0.306 e. The number of halogens is 1. The van der Waals surface area contributed by atoms with Crippen LogP contribution in [0.4, 0.5) is 0 Å². The minimum absolute atomic E-state index is 0.752. The molecule has 2 heterocycles. The van der Waals surface area contributed by atoms with Gasteiger partial charge in [0.1, 0.15) is 0 Å². The highest BCUT2D eigenvalue weighted by atomic mass is 35.5. The number of hydrogen-bond acceptors (Lipinski definition) is 3. The van der Waals surface area contributed by atoms with Gasteiger partial charge in [-0.2, -0.15) is 5.10 Å². The first-order valence-electron chi connectivity index (χ1n) is 6.64. The Morgan fingerprint density at radius 3 is 2.53 bits per heavy atom. The van der Waals surface area contributed by atoms with Crippen LogP contribution < -0.4 is 5.32 Å². The normalized spacial score (nSPS) is 11.2. The highest BCUT2D eigenvalue weighted by molar-refractivity contribution is 7.11. The summed E-state index contributed by atoms with van der Waals surface area (Å²) in [4.78, 5) is 2.80. The number of nitrogens with zero attached hydrogens (tertiary/aromatic N) is 2. The lowest BCUT2D eigenvalue weighted by molar-refractivity contribution is 0.627. The third kappa shape index (κ3) is 3.38. The van der Waals surface area contributed by atoms with Gasteiger partial charge in [0.25, 0.3) is 0 Å². The van der Waals surface area contributed by atoms with Gasteiger partial charge in [-0.15, -0.1) is 11.3 Å². The molecule has 5 heteroatoms. The molecule has 0 fully saturated rings. The van der Waals surface area contributed by atoms with Crippen LogP contribution in [0.2, 0.25) is 5.02 Å². The summed E-state index contributed by atoms with van der Waals surface area (Å²) in [5.74, 6) is 0. The summed E-state index contributed by atoms with van der Waals surface area (Å²) in [6.45, 7) is 5.89. The number of aryl methyl sites for hydroxylation is 3. The van der Waals surface area contributed by atoms with Crippen LogP contribution in [0.15, 0.2) is 12.1 Å². The molecule has 0 bridgehead atoms. The predicted molar refractivity (Wildman–Crippen MR) is 81.8 cm³/mol. The van der Waals surface area contributed by atoms with Crippen molar-refractivity contribution < 1.29 is 0 Å². The zero-order valence-corrected chi connectivity index (χ0v) is 13.2. The first kappa shape index (κ1) is 14.6. The molecule has 104 valence electrons. The molecule has 3 nitrogen and oxygen atoms in total. The van der Waals surface area contributed by atoms with Crippen LogP contribution >= 0.6 is 22.9 Å². The van der Waals surface area contributed by atoms with E-state index in [0.717, 1.165) is 42.3 Å². The molecule has 0 aliphatic heterocycles.